The van der Waals surface area contributed by atoms with Crippen molar-refractivity contribution in [2.24, 2.45) is 0 Å². The first-order chi connectivity index (χ1) is 15.7. The largest absolute Gasteiger partial charge is 0.478 e. The monoisotopic (exact) mass is 441 g/mol. The summed E-state index contributed by atoms with van der Waals surface area (Å²) in [6, 6.07) is 24.4. The van der Waals surface area contributed by atoms with Gasteiger partial charge in [-0.05, 0) is 28.3 Å². The Balaban J connectivity index is 1.66. The van der Waals surface area contributed by atoms with E-state index < -0.39 is 5.97 Å². The number of nitrogens with zero attached hydrogens (tertiary/aromatic N) is 3. The van der Waals surface area contributed by atoms with Crippen LogP contribution in [0.5, 0.6) is 0 Å². The average molecular weight is 442 g/mol. The number of carboxylic acids is 1. The van der Waals surface area contributed by atoms with Crippen molar-refractivity contribution >= 4 is 5.97 Å². The van der Waals surface area contributed by atoms with E-state index in [1.165, 1.54) is 4.68 Å². The SMILES string of the molecule is CC(C)(C)c1nn(Cc2ccccc2)c(=O)n1Cc1ccc(-c2ccccc2C(=O)O)cc1. The first-order valence-electron chi connectivity index (χ1n) is 10.9. The molecule has 0 amide bonds. The Morgan fingerprint density at radius 2 is 1.45 bits per heavy atom. The van der Waals surface area contributed by atoms with Gasteiger partial charge in [0.15, 0.2) is 0 Å². The Bertz CT molecular complexity index is 1330. The number of aromatic carboxylic acids is 1. The van der Waals surface area contributed by atoms with E-state index in [9.17, 15) is 14.7 Å². The number of rotatable bonds is 6. The lowest BCUT2D eigenvalue weighted by Crippen LogP contribution is -2.28. The topological polar surface area (TPSA) is 77.1 Å². The molecule has 6 nitrogen and oxygen atoms in total. The van der Waals surface area contributed by atoms with Gasteiger partial charge in [0, 0.05) is 5.41 Å². The minimum Gasteiger partial charge on any atom is -0.478 e. The molecule has 0 fully saturated rings. The zero-order valence-corrected chi connectivity index (χ0v) is 19.0. The second-order valence-electron chi connectivity index (χ2n) is 9.13. The normalized spacial score (nSPS) is 11.5. The molecule has 6 heteroatoms. The molecule has 0 saturated carbocycles. The van der Waals surface area contributed by atoms with E-state index in [1.807, 2.05) is 81.4 Å². The number of carbonyl (C=O) groups is 1. The summed E-state index contributed by atoms with van der Waals surface area (Å²) in [4.78, 5) is 24.8. The summed E-state index contributed by atoms with van der Waals surface area (Å²) >= 11 is 0. The van der Waals surface area contributed by atoms with Crippen LogP contribution in [0, 0.1) is 0 Å². The van der Waals surface area contributed by atoms with E-state index in [-0.39, 0.29) is 16.7 Å². The molecule has 3 aromatic carbocycles. The van der Waals surface area contributed by atoms with E-state index in [0.717, 1.165) is 22.5 Å². The van der Waals surface area contributed by atoms with Crippen molar-refractivity contribution in [3.8, 4) is 11.1 Å². The van der Waals surface area contributed by atoms with Crippen LogP contribution in [-0.4, -0.2) is 25.4 Å². The Hall–Kier alpha value is -3.93. The molecule has 0 aliphatic rings. The van der Waals surface area contributed by atoms with Gasteiger partial charge in [0.2, 0.25) is 0 Å². The standard InChI is InChI=1S/C27H27N3O3/c1-27(2,3)25-28-30(18-19-9-5-4-6-10-19)26(33)29(25)17-20-13-15-21(16-14-20)22-11-7-8-12-23(22)24(31)32/h4-16H,17-18H2,1-3H3,(H,31,32). The summed E-state index contributed by atoms with van der Waals surface area (Å²) in [5.74, 6) is -0.231. The van der Waals surface area contributed by atoms with Crippen molar-refractivity contribution in [1.82, 2.24) is 14.3 Å². The van der Waals surface area contributed by atoms with Gasteiger partial charge in [-0.1, -0.05) is 93.6 Å². The van der Waals surface area contributed by atoms with Gasteiger partial charge < -0.3 is 5.11 Å². The van der Waals surface area contributed by atoms with Gasteiger partial charge in [0.05, 0.1) is 18.7 Å². The van der Waals surface area contributed by atoms with Crippen molar-refractivity contribution in [2.45, 2.75) is 39.3 Å². The van der Waals surface area contributed by atoms with Crippen LogP contribution in [0.25, 0.3) is 11.1 Å². The highest BCUT2D eigenvalue weighted by atomic mass is 16.4. The van der Waals surface area contributed by atoms with E-state index in [2.05, 4.69) is 5.10 Å². The lowest BCUT2D eigenvalue weighted by atomic mass is 9.95. The molecule has 1 N–H and O–H groups in total. The fourth-order valence-corrected chi connectivity index (χ4v) is 3.89. The van der Waals surface area contributed by atoms with Crippen LogP contribution in [0.4, 0.5) is 0 Å². The highest BCUT2D eigenvalue weighted by molar-refractivity contribution is 5.95. The summed E-state index contributed by atoms with van der Waals surface area (Å²) in [5, 5.41) is 14.1. The molecule has 168 valence electrons. The molecule has 1 heterocycles. The minimum atomic E-state index is -0.957. The van der Waals surface area contributed by atoms with Crippen molar-refractivity contribution < 1.29 is 9.90 Å². The van der Waals surface area contributed by atoms with Crippen LogP contribution in [0.3, 0.4) is 0 Å². The molecule has 0 spiro atoms. The predicted molar refractivity (Wildman–Crippen MR) is 129 cm³/mol. The number of carboxylic acid groups (broad SMARTS) is 1. The van der Waals surface area contributed by atoms with Gasteiger partial charge >= 0.3 is 11.7 Å². The number of aromatic nitrogens is 3. The molecule has 0 aliphatic carbocycles. The lowest BCUT2D eigenvalue weighted by Gasteiger charge is -2.18. The molecule has 0 atom stereocenters. The van der Waals surface area contributed by atoms with Gasteiger partial charge in [-0.15, -0.1) is 0 Å². The van der Waals surface area contributed by atoms with Crippen LogP contribution >= 0.6 is 0 Å². The Labute approximate surface area is 192 Å². The fraction of sp³-hybridized carbons (Fsp3) is 0.222. The smallest absolute Gasteiger partial charge is 0.346 e. The fourth-order valence-electron chi connectivity index (χ4n) is 3.89. The molecule has 0 aliphatic heterocycles. The second kappa shape index (κ2) is 8.90. The molecule has 0 saturated heterocycles. The molecule has 33 heavy (non-hydrogen) atoms. The van der Waals surface area contributed by atoms with Crippen molar-refractivity contribution in [3.63, 3.8) is 0 Å². The third-order valence-corrected chi connectivity index (χ3v) is 5.53. The van der Waals surface area contributed by atoms with E-state index >= 15 is 0 Å². The lowest BCUT2D eigenvalue weighted by molar-refractivity contribution is 0.0697. The molecule has 0 radical (unpaired) electrons. The third-order valence-electron chi connectivity index (χ3n) is 5.53. The van der Waals surface area contributed by atoms with Gasteiger partial charge in [0.25, 0.3) is 0 Å². The van der Waals surface area contributed by atoms with E-state index in [0.29, 0.717) is 18.7 Å². The number of hydrogen-bond acceptors (Lipinski definition) is 3. The maximum Gasteiger partial charge on any atom is 0.346 e. The zero-order chi connectivity index (χ0) is 23.6. The number of hydrogen-bond donors (Lipinski definition) is 1. The first kappa shape index (κ1) is 22.3. The van der Waals surface area contributed by atoms with Crippen molar-refractivity contribution in [3.05, 3.63) is 112 Å². The van der Waals surface area contributed by atoms with Crippen LogP contribution < -0.4 is 5.69 Å². The van der Waals surface area contributed by atoms with Crippen LogP contribution in [0.15, 0.2) is 83.7 Å². The highest BCUT2D eigenvalue weighted by Gasteiger charge is 2.25. The molecule has 0 bridgehead atoms. The predicted octanol–water partition coefficient (Wildman–Crippen LogP) is 4.80. The summed E-state index contributed by atoms with van der Waals surface area (Å²) in [7, 11) is 0. The first-order valence-corrected chi connectivity index (χ1v) is 10.9. The molecule has 4 aromatic rings. The highest BCUT2D eigenvalue weighted by Crippen LogP contribution is 2.25. The summed E-state index contributed by atoms with van der Waals surface area (Å²) < 4.78 is 3.25. The second-order valence-corrected chi connectivity index (χ2v) is 9.13. The summed E-state index contributed by atoms with van der Waals surface area (Å²) in [6.07, 6.45) is 0. The Morgan fingerprint density at radius 1 is 0.848 bits per heavy atom. The Kier molecular flexibility index (Phi) is 6.01. The van der Waals surface area contributed by atoms with Crippen LogP contribution in [-0.2, 0) is 18.5 Å². The average Bonchev–Trinajstić information content (AvgIpc) is 3.10. The molecule has 0 unspecified atom stereocenters. The van der Waals surface area contributed by atoms with Gasteiger partial charge in [-0.25, -0.2) is 14.3 Å². The van der Waals surface area contributed by atoms with Crippen molar-refractivity contribution in [2.75, 3.05) is 0 Å². The quantitative estimate of drug-likeness (QED) is 0.466. The van der Waals surface area contributed by atoms with Crippen LogP contribution in [0.2, 0.25) is 0 Å². The Morgan fingerprint density at radius 3 is 2.09 bits per heavy atom. The maximum atomic E-state index is 13.3. The minimum absolute atomic E-state index is 0.149. The van der Waals surface area contributed by atoms with Gasteiger partial charge in [-0.3, -0.25) is 4.57 Å². The molecule has 1 aromatic heterocycles. The van der Waals surface area contributed by atoms with Gasteiger partial charge in [-0.2, -0.15) is 5.10 Å². The molecular weight excluding hydrogens is 414 g/mol. The van der Waals surface area contributed by atoms with Crippen LogP contribution in [0.1, 0.15) is 48.1 Å². The van der Waals surface area contributed by atoms with E-state index in [1.54, 1.807) is 22.8 Å². The van der Waals surface area contributed by atoms with Crippen molar-refractivity contribution in [1.29, 1.82) is 0 Å². The molecule has 4 rings (SSSR count). The maximum absolute atomic E-state index is 13.3. The van der Waals surface area contributed by atoms with E-state index in [4.69, 9.17) is 0 Å². The number of benzene rings is 3. The molecular formula is C27H27N3O3. The third kappa shape index (κ3) is 4.80. The summed E-state index contributed by atoms with van der Waals surface area (Å²) in [6.45, 7) is 6.94. The van der Waals surface area contributed by atoms with Gasteiger partial charge in [0.1, 0.15) is 5.82 Å². The zero-order valence-electron chi connectivity index (χ0n) is 19.0. The summed E-state index contributed by atoms with van der Waals surface area (Å²) in [5.41, 5.74) is 3.26.